The van der Waals surface area contributed by atoms with E-state index in [-0.39, 0.29) is 5.91 Å². The fourth-order valence-corrected chi connectivity index (χ4v) is 1.82. The molecule has 0 fully saturated rings. The van der Waals surface area contributed by atoms with Crippen molar-refractivity contribution in [2.75, 3.05) is 11.1 Å². The number of aryl methyl sites for hydroxylation is 1. The molecular weight excluding hydrogens is 248 g/mol. The molecule has 18 heavy (non-hydrogen) atoms. The SMILES string of the molecule is Cc1cc(Cl)ccc1NC(=O)c1ccc(N)cc1. The number of anilines is 2. The predicted molar refractivity (Wildman–Crippen MR) is 75.0 cm³/mol. The van der Waals surface area contributed by atoms with Gasteiger partial charge in [0, 0.05) is 22.0 Å². The van der Waals surface area contributed by atoms with E-state index in [1.165, 1.54) is 0 Å². The molecule has 0 heterocycles. The summed E-state index contributed by atoms with van der Waals surface area (Å²) in [6.45, 7) is 1.89. The van der Waals surface area contributed by atoms with Crippen LogP contribution in [-0.4, -0.2) is 5.91 Å². The number of nitrogens with two attached hydrogens (primary N) is 1. The highest BCUT2D eigenvalue weighted by atomic mass is 35.5. The molecule has 0 aromatic heterocycles. The second-order valence-electron chi connectivity index (χ2n) is 4.04. The third-order valence-corrected chi connectivity index (χ3v) is 2.84. The Kier molecular flexibility index (Phi) is 3.53. The van der Waals surface area contributed by atoms with Crippen LogP contribution in [0.1, 0.15) is 15.9 Å². The molecule has 0 saturated heterocycles. The molecule has 4 heteroatoms. The maximum absolute atomic E-state index is 12.0. The standard InChI is InChI=1S/C14H13ClN2O/c1-9-8-11(15)4-7-13(9)17-14(18)10-2-5-12(16)6-3-10/h2-8H,16H2,1H3,(H,17,18). The summed E-state index contributed by atoms with van der Waals surface area (Å²) in [6, 6.07) is 12.1. The summed E-state index contributed by atoms with van der Waals surface area (Å²) in [5.41, 5.74) is 8.45. The minimum Gasteiger partial charge on any atom is -0.399 e. The van der Waals surface area contributed by atoms with Crippen molar-refractivity contribution in [3.63, 3.8) is 0 Å². The molecule has 0 aliphatic heterocycles. The number of rotatable bonds is 2. The number of hydrogen-bond donors (Lipinski definition) is 2. The van der Waals surface area contributed by atoms with Gasteiger partial charge in [-0.25, -0.2) is 0 Å². The van der Waals surface area contributed by atoms with Gasteiger partial charge in [0.25, 0.3) is 5.91 Å². The van der Waals surface area contributed by atoms with E-state index in [1.54, 1.807) is 42.5 Å². The van der Waals surface area contributed by atoms with Crippen LogP contribution in [0.3, 0.4) is 0 Å². The van der Waals surface area contributed by atoms with Gasteiger partial charge in [0.2, 0.25) is 0 Å². The molecule has 0 radical (unpaired) electrons. The van der Waals surface area contributed by atoms with Crippen LogP contribution in [0.4, 0.5) is 11.4 Å². The molecule has 0 bridgehead atoms. The largest absolute Gasteiger partial charge is 0.399 e. The van der Waals surface area contributed by atoms with Gasteiger partial charge in [-0.3, -0.25) is 4.79 Å². The second-order valence-corrected chi connectivity index (χ2v) is 4.47. The first-order valence-corrected chi connectivity index (χ1v) is 5.87. The monoisotopic (exact) mass is 260 g/mol. The number of nitrogen functional groups attached to an aromatic ring is 1. The first-order chi connectivity index (χ1) is 8.56. The van der Waals surface area contributed by atoms with Gasteiger partial charge < -0.3 is 11.1 Å². The van der Waals surface area contributed by atoms with Crippen LogP contribution >= 0.6 is 11.6 Å². The normalized spacial score (nSPS) is 10.1. The molecule has 0 atom stereocenters. The molecule has 3 nitrogen and oxygen atoms in total. The minimum atomic E-state index is -0.166. The van der Waals surface area contributed by atoms with Crippen LogP contribution in [0.2, 0.25) is 5.02 Å². The van der Waals surface area contributed by atoms with E-state index >= 15 is 0 Å². The lowest BCUT2D eigenvalue weighted by Gasteiger charge is -2.08. The summed E-state index contributed by atoms with van der Waals surface area (Å²) >= 11 is 5.86. The third-order valence-electron chi connectivity index (χ3n) is 2.61. The minimum absolute atomic E-state index is 0.166. The average Bonchev–Trinajstić information content (AvgIpc) is 2.33. The Morgan fingerprint density at radius 2 is 1.83 bits per heavy atom. The van der Waals surface area contributed by atoms with Crippen molar-refractivity contribution in [3.05, 3.63) is 58.6 Å². The lowest BCUT2D eigenvalue weighted by molar-refractivity contribution is 0.102. The number of hydrogen-bond acceptors (Lipinski definition) is 2. The quantitative estimate of drug-likeness (QED) is 0.812. The highest BCUT2D eigenvalue weighted by Crippen LogP contribution is 2.20. The summed E-state index contributed by atoms with van der Waals surface area (Å²) in [7, 11) is 0. The molecule has 0 saturated carbocycles. The number of carbonyl (C=O) groups excluding carboxylic acids is 1. The highest BCUT2D eigenvalue weighted by Gasteiger charge is 2.07. The first kappa shape index (κ1) is 12.5. The molecule has 0 aliphatic rings. The zero-order valence-electron chi connectivity index (χ0n) is 9.91. The number of benzene rings is 2. The Morgan fingerprint density at radius 1 is 1.17 bits per heavy atom. The van der Waals surface area contributed by atoms with E-state index in [2.05, 4.69) is 5.32 Å². The molecule has 0 spiro atoms. The van der Waals surface area contributed by atoms with Crippen molar-refractivity contribution in [1.29, 1.82) is 0 Å². The summed E-state index contributed by atoms with van der Waals surface area (Å²) in [5.74, 6) is -0.166. The van der Waals surface area contributed by atoms with Crippen LogP contribution in [0.5, 0.6) is 0 Å². The smallest absolute Gasteiger partial charge is 0.255 e. The molecule has 0 aliphatic carbocycles. The maximum atomic E-state index is 12.0. The van der Waals surface area contributed by atoms with Crippen molar-refractivity contribution < 1.29 is 4.79 Å². The average molecular weight is 261 g/mol. The fourth-order valence-electron chi connectivity index (χ4n) is 1.60. The summed E-state index contributed by atoms with van der Waals surface area (Å²) in [4.78, 5) is 12.0. The summed E-state index contributed by atoms with van der Waals surface area (Å²) in [5, 5.41) is 3.49. The topological polar surface area (TPSA) is 55.1 Å². The first-order valence-electron chi connectivity index (χ1n) is 5.49. The van der Waals surface area contributed by atoms with Crippen LogP contribution < -0.4 is 11.1 Å². The van der Waals surface area contributed by atoms with Crippen molar-refractivity contribution in [3.8, 4) is 0 Å². The van der Waals surface area contributed by atoms with Crippen molar-refractivity contribution in [2.24, 2.45) is 0 Å². The van der Waals surface area contributed by atoms with Gasteiger partial charge in [0.05, 0.1) is 0 Å². The molecule has 1 amide bonds. The van der Waals surface area contributed by atoms with Gasteiger partial charge in [0.15, 0.2) is 0 Å². The molecule has 3 N–H and O–H groups in total. The van der Waals surface area contributed by atoms with Gasteiger partial charge in [0.1, 0.15) is 0 Å². The van der Waals surface area contributed by atoms with E-state index in [0.717, 1.165) is 11.3 Å². The Bertz CT molecular complexity index is 579. The zero-order valence-corrected chi connectivity index (χ0v) is 10.7. The summed E-state index contributed by atoms with van der Waals surface area (Å²) < 4.78 is 0. The number of carbonyl (C=O) groups is 1. The van der Waals surface area contributed by atoms with Gasteiger partial charge in [-0.05, 0) is 55.0 Å². The number of amides is 1. The van der Waals surface area contributed by atoms with Crippen LogP contribution in [0, 0.1) is 6.92 Å². The Balaban J connectivity index is 2.18. The Hall–Kier alpha value is -2.00. The van der Waals surface area contributed by atoms with E-state index in [0.29, 0.717) is 16.3 Å². The van der Waals surface area contributed by atoms with Gasteiger partial charge >= 0.3 is 0 Å². The lowest BCUT2D eigenvalue weighted by atomic mass is 10.1. The molecule has 2 aromatic rings. The van der Waals surface area contributed by atoms with Crippen LogP contribution in [-0.2, 0) is 0 Å². The zero-order chi connectivity index (χ0) is 13.1. The van der Waals surface area contributed by atoms with Crippen LogP contribution in [0.15, 0.2) is 42.5 Å². The van der Waals surface area contributed by atoms with Gasteiger partial charge in [-0.15, -0.1) is 0 Å². The molecule has 0 unspecified atom stereocenters. The second kappa shape index (κ2) is 5.10. The molecule has 2 aromatic carbocycles. The van der Waals surface area contributed by atoms with E-state index in [1.807, 2.05) is 6.92 Å². The highest BCUT2D eigenvalue weighted by molar-refractivity contribution is 6.30. The number of nitrogens with one attached hydrogen (secondary N) is 1. The number of halogens is 1. The van der Waals surface area contributed by atoms with E-state index in [4.69, 9.17) is 17.3 Å². The Labute approximate surface area is 111 Å². The van der Waals surface area contributed by atoms with E-state index in [9.17, 15) is 4.79 Å². The van der Waals surface area contributed by atoms with Crippen molar-refractivity contribution >= 4 is 28.9 Å². The Morgan fingerprint density at radius 3 is 2.44 bits per heavy atom. The van der Waals surface area contributed by atoms with Crippen molar-refractivity contribution in [2.45, 2.75) is 6.92 Å². The molecule has 92 valence electrons. The van der Waals surface area contributed by atoms with Gasteiger partial charge in [-0.1, -0.05) is 11.6 Å². The molecule has 2 rings (SSSR count). The van der Waals surface area contributed by atoms with Crippen molar-refractivity contribution in [1.82, 2.24) is 0 Å². The van der Waals surface area contributed by atoms with Gasteiger partial charge in [-0.2, -0.15) is 0 Å². The summed E-state index contributed by atoms with van der Waals surface area (Å²) in [6.07, 6.45) is 0. The maximum Gasteiger partial charge on any atom is 0.255 e. The third kappa shape index (κ3) is 2.81. The molecular formula is C14H13ClN2O. The van der Waals surface area contributed by atoms with Crippen LogP contribution in [0.25, 0.3) is 0 Å². The lowest BCUT2D eigenvalue weighted by Crippen LogP contribution is -2.12. The van der Waals surface area contributed by atoms with E-state index < -0.39 is 0 Å². The fraction of sp³-hybridized carbons (Fsp3) is 0.0714. The predicted octanol–water partition coefficient (Wildman–Crippen LogP) is 3.48.